The van der Waals surface area contributed by atoms with Crippen LogP contribution in [0, 0.1) is 20.8 Å². The highest BCUT2D eigenvalue weighted by molar-refractivity contribution is 7.89. The smallest absolute Gasteiger partial charge is 0.162 e. The second-order valence-electron chi connectivity index (χ2n) is 4.27. The Morgan fingerprint density at radius 3 is 2.33 bits per heavy atom. The molecule has 0 radical (unpaired) electrons. The van der Waals surface area contributed by atoms with Gasteiger partial charge in [0.25, 0.3) is 0 Å². The first-order valence-corrected chi connectivity index (χ1v) is 7.24. The highest BCUT2D eigenvalue weighted by atomic mass is 32.2. The van der Waals surface area contributed by atoms with Gasteiger partial charge in [0.05, 0.1) is 17.1 Å². The minimum atomic E-state index is -3.32. The van der Waals surface area contributed by atoms with Gasteiger partial charge in [-0.15, -0.1) is 0 Å². The molecule has 0 aliphatic heterocycles. The van der Waals surface area contributed by atoms with Gasteiger partial charge in [-0.25, -0.2) is 8.42 Å². The van der Waals surface area contributed by atoms with E-state index in [1.165, 1.54) is 0 Å². The van der Waals surface area contributed by atoms with Crippen LogP contribution in [0.25, 0.3) is 0 Å². The molecule has 2 aromatic rings. The molecule has 0 aliphatic carbocycles. The summed E-state index contributed by atoms with van der Waals surface area (Å²) in [7, 11) is -3.32. The average Bonchev–Trinajstić information content (AvgIpc) is 2.78. The topological polar surface area (TPSA) is 86.2 Å². The second kappa shape index (κ2) is 4.56. The van der Waals surface area contributed by atoms with Crippen LogP contribution < -0.4 is 0 Å². The second-order valence-corrected chi connectivity index (χ2v) is 6.33. The van der Waals surface area contributed by atoms with E-state index in [1.807, 2.05) is 0 Å². The molecule has 2 heterocycles. The van der Waals surface area contributed by atoms with E-state index < -0.39 is 9.84 Å². The van der Waals surface area contributed by atoms with E-state index in [1.54, 1.807) is 26.8 Å². The first-order chi connectivity index (χ1) is 8.37. The largest absolute Gasteiger partial charge is 0.361 e. The van der Waals surface area contributed by atoms with Crippen LogP contribution in [0.4, 0.5) is 0 Å². The summed E-state index contributed by atoms with van der Waals surface area (Å²) in [5, 5.41) is 7.40. The Balaban J connectivity index is 2.18. The van der Waals surface area contributed by atoms with Gasteiger partial charge in [-0.2, -0.15) is 0 Å². The Labute approximate surface area is 105 Å². The molecule has 18 heavy (non-hydrogen) atoms. The molecule has 0 saturated carbocycles. The summed E-state index contributed by atoms with van der Waals surface area (Å²) in [6.45, 7) is 5.16. The lowest BCUT2D eigenvalue weighted by atomic mass is 10.2. The van der Waals surface area contributed by atoms with Gasteiger partial charge in [-0.3, -0.25) is 0 Å². The molecule has 0 bridgehead atoms. The van der Waals surface area contributed by atoms with Gasteiger partial charge in [0, 0.05) is 11.6 Å². The Bertz CT molecular complexity index is 635. The SMILES string of the molecule is Cc1cc(CS(=O)(=O)Cc2c(C)noc2C)on1. The molecule has 2 rings (SSSR count). The van der Waals surface area contributed by atoms with E-state index in [0.29, 0.717) is 28.5 Å². The highest BCUT2D eigenvalue weighted by Crippen LogP contribution is 2.18. The lowest BCUT2D eigenvalue weighted by Gasteiger charge is -2.01. The lowest BCUT2D eigenvalue weighted by Crippen LogP contribution is -2.08. The Hall–Kier alpha value is -1.63. The fourth-order valence-electron chi connectivity index (χ4n) is 1.68. The molecule has 98 valence electrons. The molecule has 0 N–H and O–H groups in total. The number of nitrogens with zero attached hydrogens (tertiary/aromatic N) is 2. The van der Waals surface area contributed by atoms with Gasteiger partial charge in [0.2, 0.25) is 0 Å². The summed E-state index contributed by atoms with van der Waals surface area (Å²) in [5.41, 5.74) is 1.88. The van der Waals surface area contributed by atoms with Gasteiger partial charge in [0.1, 0.15) is 11.5 Å². The first-order valence-electron chi connectivity index (χ1n) is 5.42. The lowest BCUT2D eigenvalue weighted by molar-refractivity contribution is 0.388. The van der Waals surface area contributed by atoms with E-state index in [-0.39, 0.29) is 11.5 Å². The number of hydrogen-bond donors (Lipinski definition) is 0. The number of hydrogen-bond acceptors (Lipinski definition) is 6. The molecular weight excluding hydrogens is 256 g/mol. The monoisotopic (exact) mass is 270 g/mol. The molecule has 0 amide bonds. The first kappa shape index (κ1) is 12.8. The van der Waals surface area contributed by atoms with Crippen LogP contribution in [0.2, 0.25) is 0 Å². The zero-order chi connectivity index (χ0) is 13.3. The molecule has 7 heteroatoms. The molecule has 0 aliphatic rings. The van der Waals surface area contributed by atoms with Crippen LogP contribution in [0.5, 0.6) is 0 Å². The van der Waals surface area contributed by atoms with Crippen LogP contribution in [-0.2, 0) is 21.3 Å². The summed E-state index contributed by atoms with van der Waals surface area (Å²) in [5.74, 6) is 0.607. The van der Waals surface area contributed by atoms with Crippen molar-refractivity contribution >= 4 is 9.84 Å². The molecule has 0 aromatic carbocycles. The fourth-order valence-corrected chi connectivity index (χ4v) is 3.20. The van der Waals surface area contributed by atoms with Gasteiger partial charge < -0.3 is 9.05 Å². The third-order valence-corrected chi connectivity index (χ3v) is 4.04. The summed E-state index contributed by atoms with van der Waals surface area (Å²) >= 11 is 0. The highest BCUT2D eigenvalue weighted by Gasteiger charge is 2.20. The Kier molecular flexibility index (Phi) is 3.25. The van der Waals surface area contributed by atoms with Crippen molar-refractivity contribution in [2.24, 2.45) is 0 Å². The minimum absolute atomic E-state index is 0.103. The van der Waals surface area contributed by atoms with E-state index in [2.05, 4.69) is 10.3 Å². The van der Waals surface area contributed by atoms with Crippen molar-refractivity contribution in [2.45, 2.75) is 32.3 Å². The Morgan fingerprint density at radius 2 is 1.83 bits per heavy atom. The quantitative estimate of drug-likeness (QED) is 0.840. The minimum Gasteiger partial charge on any atom is -0.361 e. The standard InChI is InChI=1S/C11H14N2O4S/c1-7-4-10(17-12-7)5-18(14,15)6-11-8(2)13-16-9(11)3/h4H,5-6H2,1-3H3. The summed E-state index contributed by atoms with van der Waals surface area (Å²) in [6.07, 6.45) is 0. The maximum atomic E-state index is 12.0. The molecule has 2 aromatic heterocycles. The van der Waals surface area contributed by atoms with Gasteiger partial charge in [-0.1, -0.05) is 10.3 Å². The van der Waals surface area contributed by atoms with Crippen molar-refractivity contribution < 1.29 is 17.5 Å². The molecule has 0 fully saturated rings. The van der Waals surface area contributed by atoms with Crippen molar-refractivity contribution in [3.63, 3.8) is 0 Å². The number of sulfone groups is 1. The van der Waals surface area contributed by atoms with E-state index in [4.69, 9.17) is 9.05 Å². The molecular formula is C11H14N2O4S. The van der Waals surface area contributed by atoms with E-state index >= 15 is 0 Å². The predicted molar refractivity (Wildman–Crippen MR) is 63.5 cm³/mol. The van der Waals surface area contributed by atoms with Crippen molar-refractivity contribution in [3.05, 3.63) is 34.5 Å². The van der Waals surface area contributed by atoms with Gasteiger partial charge in [0.15, 0.2) is 15.6 Å². The average molecular weight is 270 g/mol. The number of aryl methyl sites for hydroxylation is 3. The molecule has 0 saturated heterocycles. The van der Waals surface area contributed by atoms with Crippen LogP contribution in [0.15, 0.2) is 15.1 Å². The van der Waals surface area contributed by atoms with Crippen molar-refractivity contribution in [3.8, 4) is 0 Å². The van der Waals surface area contributed by atoms with E-state index in [9.17, 15) is 8.42 Å². The summed E-state index contributed by atoms with van der Waals surface area (Å²) in [4.78, 5) is 0. The van der Waals surface area contributed by atoms with Crippen LogP contribution in [-0.4, -0.2) is 18.7 Å². The van der Waals surface area contributed by atoms with Crippen molar-refractivity contribution in [1.82, 2.24) is 10.3 Å². The molecule has 0 atom stereocenters. The molecule has 6 nitrogen and oxygen atoms in total. The van der Waals surface area contributed by atoms with Crippen molar-refractivity contribution in [2.75, 3.05) is 0 Å². The van der Waals surface area contributed by atoms with Crippen molar-refractivity contribution in [1.29, 1.82) is 0 Å². The fraction of sp³-hybridized carbons (Fsp3) is 0.455. The zero-order valence-corrected chi connectivity index (χ0v) is 11.2. The van der Waals surface area contributed by atoms with Crippen LogP contribution >= 0.6 is 0 Å². The molecule has 0 unspecified atom stereocenters. The van der Waals surface area contributed by atoms with Crippen LogP contribution in [0.1, 0.15) is 28.5 Å². The normalized spacial score (nSPS) is 11.9. The third kappa shape index (κ3) is 2.79. The maximum absolute atomic E-state index is 12.0. The molecule has 0 spiro atoms. The van der Waals surface area contributed by atoms with Gasteiger partial charge in [-0.05, 0) is 20.8 Å². The predicted octanol–water partition coefficient (Wildman–Crippen LogP) is 1.70. The third-order valence-electron chi connectivity index (χ3n) is 2.58. The summed E-state index contributed by atoms with van der Waals surface area (Å²) in [6, 6.07) is 1.62. The summed E-state index contributed by atoms with van der Waals surface area (Å²) < 4.78 is 33.9. The number of aromatic nitrogens is 2. The zero-order valence-electron chi connectivity index (χ0n) is 10.4. The Morgan fingerprint density at radius 1 is 1.11 bits per heavy atom. The maximum Gasteiger partial charge on any atom is 0.162 e. The van der Waals surface area contributed by atoms with Gasteiger partial charge >= 0.3 is 0 Å². The van der Waals surface area contributed by atoms with E-state index in [0.717, 1.165) is 0 Å². The number of rotatable bonds is 4. The van der Waals surface area contributed by atoms with Crippen LogP contribution in [0.3, 0.4) is 0 Å².